The molecule has 2 rings (SSSR count). The summed E-state index contributed by atoms with van der Waals surface area (Å²) in [7, 11) is 0. The molecule has 0 spiro atoms. The molecule has 1 heterocycles. The second-order valence-electron chi connectivity index (χ2n) is 4.38. The predicted octanol–water partition coefficient (Wildman–Crippen LogP) is 2.27. The Morgan fingerprint density at radius 2 is 2.11 bits per heavy atom. The molecule has 0 aromatic heterocycles. The third-order valence-corrected chi connectivity index (χ3v) is 2.78. The lowest BCUT2D eigenvalue weighted by molar-refractivity contribution is -0.175. The van der Waals surface area contributed by atoms with Crippen molar-refractivity contribution in [3.8, 4) is 0 Å². The highest BCUT2D eigenvalue weighted by Gasteiger charge is 2.27. The Labute approximate surface area is 107 Å². The number of hydrogen-bond donors (Lipinski definition) is 0. The lowest BCUT2D eigenvalue weighted by Crippen LogP contribution is -2.20. The molecule has 0 N–H and O–H groups in total. The molecule has 1 aromatic rings. The average molecular weight is 250 g/mol. The Morgan fingerprint density at radius 1 is 1.33 bits per heavy atom. The van der Waals surface area contributed by atoms with Gasteiger partial charge in [0.1, 0.15) is 0 Å². The van der Waals surface area contributed by atoms with Crippen molar-refractivity contribution in [1.82, 2.24) is 0 Å². The van der Waals surface area contributed by atoms with Crippen molar-refractivity contribution < 1.29 is 19.0 Å². The zero-order valence-corrected chi connectivity index (χ0v) is 10.5. The maximum Gasteiger partial charge on any atom is 0.304 e. The van der Waals surface area contributed by atoms with E-state index in [1.807, 2.05) is 30.3 Å². The highest BCUT2D eigenvalue weighted by molar-refractivity contribution is 5.66. The van der Waals surface area contributed by atoms with E-state index in [1.54, 1.807) is 0 Å². The lowest BCUT2D eigenvalue weighted by atomic mass is 10.2. The van der Waals surface area contributed by atoms with E-state index in [0.717, 1.165) is 18.4 Å². The second-order valence-corrected chi connectivity index (χ2v) is 4.38. The highest BCUT2D eigenvalue weighted by Crippen LogP contribution is 2.21. The lowest BCUT2D eigenvalue weighted by Gasteiger charge is -2.13. The maximum absolute atomic E-state index is 10.8. The third kappa shape index (κ3) is 4.13. The van der Waals surface area contributed by atoms with E-state index >= 15 is 0 Å². The van der Waals surface area contributed by atoms with Crippen LogP contribution in [0.2, 0.25) is 0 Å². The van der Waals surface area contributed by atoms with Crippen LogP contribution in [0.3, 0.4) is 0 Å². The number of carbonyl (C=O) groups is 1. The smallest absolute Gasteiger partial charge is 0.304 e. The van der Waals surface area contributed by atoms with E-state index in [1.165, 1.54) is 6.92 Å². The summed E-state index contributed by atoms with van der Waals surface area (Å²) in [6, 6.07) is 10.0. The molecule has 0 bridgehead atoms. The van der Waals surface area contributed by atoms with Gasteiger partial charge in [-0.25, -0.2) is 0 Å². The number of esters is 1. The van der Waals surface area contributed by atoms with Gasteiger partial charge in [-0.15, -0.1) is 0 Å². The van der Waals surface area contributed by atoms with Gasteiger partial charge in [0.2, 0.25) is 6.29 Å². The minimum absolute atomic E-state index is 0.0260. The topological polar surface area (TPSA) is 44.8 Å². The van der Waals surface area contributed by atoms with E-state index in [2.05, 4.69) is 0 Å². The second kappa shape index (κ2) is 6.52. The van der Waals surface area contributed by atoms with Crippen LogP contribution in [-0.2, 0) is 25.6 Å². The Bertz CT molecular complexity index is 377. The molecule has 0 amide bonds. The number of rotatable bonds is 5. The molecule has 4 heteroatoms. The third-order valence-electron chi connectivity index (χ3n) is 2.78. The minimum atomic E-state index is -0.396. The average Bonchev–Trinajstić information content (AvgIpc) is 2.77. The van der Waals surface area contributed by atoms with Gasteiger partial charge in [-0.1, -0.05) is 30.3 Å². The molecule has 4 nitrogen and oxygen atoms in total. The molecule has 18 heavy (non-hydrogen) atoms. The van der Waals surface area contributed by atoms with E-state index in [-0.39, 0.29) is 12.1 Å². The summed E-state index contributed by atoms with van der Waals surface area (Å²) in [6.45, 7) is 2.51. The van der Waals surface area contributed by atoms with Gasteiger partial charge in [0.15, 0.2) is 0 Å². The van der Waals surface area contributed by atoms with Crippen LogP contribution in [0.4, 0.5) is 0 Å². The van der Waals surface area contributed by atoms with Crippen molar-refractivity contribution in [1.29, 1.82) is 0 Å². The van der Waals surface area contributed by atoms with E-state index in [0.29, 0.717) is 13.2 Å². The van der Waals surface area contributed by atoms with Crippen molar-refractivity contribution >= 4 is 5.97 Å². The predicted molar refractivity (Wildman–Crippen MR) is 65.8 cm³/mol. The molecule has 1 aromatic carbocycles. The number of benzene rings is 1. The Kier molecular flexibility index (Phi) is 4.73. The molecule has 1 aliphatic rings. The van der Waals surface area contributed by atoms with Gasteiger partial charge in [-0.3, -0.25) is 4.79 Å². The summed E-state index contributed by atoms with van der Waals surface area (Å²) in [4.78, 5) is 10.8. The molecule has 0 aliphatic carbocycles. The molecular formula is C14H18O4. The fourth-order valence-electron chi connectivity index (χ4n) is 1.95. The van der Waals surface area contributed by atoms with Gasteiger partial charge in [-0.05, 0) is 12.0 Å². The highest BCUT2D eigenvalue weighted by atomic mass is 16.7. The van der Waals surface area contributed by atoms with E-state index < -0.39 is 6.29 Å². The molecule has 1 fully saturated rings. The summed E-state index contributed by atoms with van der Waals surface area (Å²) < 4.78 is 16.1. The fourth-order valence-corrected chi connectivity index (χ4v) is 1.95. The summed E-state index contributed by atoms with van der Waals surface area (Å²) in [5, 5.41) is 0. The monoisotopic (exact) mass is 250 g/mol. The van der Waals surface area contributed by atoms with E-state index in [9.17, 15) is 4.79 Å². The first-order valence-electron chi connectivity index (χ1n) is 6.18. The standard InChI is InChI=1S/C14H18O4/c1-11(15)17-14-8-7-13(18-14)10-16-9-12-5-3-2-4-6-12/h2-6,13-14H,7-10H2,1H3. The summed E-state index contributed by atoms with van der Waals surface area (Å²) in [6.07, 6.45) is 1.25. The quantitative estimate of drug-likeness (QED) is 0.752. The summed E-state index contributed by atoms with van der Waals surface area (Å²) >= 11 is 0. The Morgan fingerprint density at radius 3 is 2.83 bits per heavy atom. The number of hydrogen-bond acceptors (Lipinski definition) is 4. The van der Waals surface area contributed by atoms with Crippen LogP contribution in [0.1, 0.15) is 25.3 Å². The molecule has 1 saturated heterocycles. The van der Waals surface area contributed by atoms with Crippen molar-refractivity contribution in [2.75, 3.05) is 6.61 Å². The molecule has 2 atom stereocenters. The van der Waals surface area contributed by atoms with Crippen molar-refractivity contribution in [2.45, 2.75) is 38.8 Å². The van der Waals surface area contributed by atoms with Gasteiger partial charge < -0.3 is 14.2 Å². The minimum Gasteiger partial charge on any atom is -0.436 e. The number of carbonyl (C=O) groups excluding carboxylic acids is 1. The van der Waals surface area contributed by atoms with Gasteiger partial charge in [0.05, 0.1) is 19.3 Å². The van der Waals surface area contributed by atoms with Crippen LogP contribution in [0.15, 0.2) is 30.3 Å². The fraction of sp³-hybridized carbons (Fsp3) is 0.500. The normalized spacial score (nSPS) is 22.9. The molecule has 1 aliphatic heterocycles. The first-order valence-corrected chi connectivity index (χ1v) is 6.18. The summed E-state index contributed by atoms with van der Waals surface area (Å²) in [5.41, 5.74) is 1.15. The zero-order valence-electron chi connectivity index (χ0n) is 10.5. The Hall–Kier alpha value is -1.39. The maximum atomic E-state index is 10.8. The summed E-state index contributed by atoms with van der Waals surface area (Å²) in [5.74, 6) is -0.300. The van der Waals surface area contributed by atoms with Gasteiger partial charge in [0, 0.05) is 13.3 Å². The van der Waals surface area contributed by atoms with Crippen LogP contribution < -0.4 is 0 Å². The van der Waals surface area contributed by atoms with Gasteiger partial charge in [-0.2, -0.15) is 0 Å². The first-order chi connectivity index (χ1) is 8.74. The van der Waals surface area contributed by atoms with Crippen LogP contribution >= 0.6 is 0 Å². The van der Waals surface area contributed by atoms with Crippen LogP contribution in [0, 0.1) is 0 Å². The molecule has 0 radical (unpaired) electrons. The largest absolute Gasteiger partial charge is 0.436 e. The van der Waals surface area contributed by atoms with Crippen molar-refractivity contribution in [2.24, 2.45) is 0 Å². The molecular weight excluding hydrogens is 232 g/mol. The molecule has 0 saturated carbocycles. The molecule has 2 unspecified atom stereocenters. The van der Waals surface area contributed by atoms with Crippen LogP contribution in [0.5, 0.6) is 0 Å². The van der Waals surface area contributed by atoms with Crippen LogP contribution in [-0.4, -0.2) is 25.0 Å². The number of ether oxygens (including phenoxy) is 3. The van der Waals surface area contributed by atoms with Crippen molar-refractivity contribution in [3.05, 3.63) is 35.9 Å². The zero-order chi connectivity index (χ0) is 12.8. The van der Waals surface area contributed by atoms with Gasteiger partial charge >= 0.3 is 5.97 Å². The van der Waals surface area contributed by atoms with Crippen LogP contribution in [0.25, 0.3) is 0 Å². The first kappa shape index (κ1) is 13.1. The SMILES string of the molecule is CC(=O)OC1CCC(COCc2ccccc2)O1. The molecule has 98 valence electrons. The van der Waals surface area contributed by atoms with Gasteiger partial charge in [0.25, 0.3) is 0 Å². The Balaban J connectivity index is 1.65. The van der Waals surface area contributed by atoms with Crippen molar-refractivity contribution in [3.63, 3.8) is 0 Å². The van der Waals surface area contributed by atoms with E-state index in [4.69, 9.17) is 14.2 Å².